The number of aryl methyl sites for hydroxylation is 2. The Morgan fingerprint density at radius 3 is 1.51 bits per heavy atom. The molecule has 4 aromatic carbocycles. The Kier molecular flexibility index (Phi) is 21.4. The van der Waals surface area contributed by atoms with E-state index in [0.717, 1.165) is 64.8 Å². The molecule has 0 unspecified atom stereocenters. The first-order chi connectivity index (χ1) is 34.8. The second-order valence-electron chi connectivity index (χ2n) is 20.7. The summed E-state index contributed by atoms with van der Waals surface area (Å²) in [4.78, 5) is 55.4. The number of thioether (sulfide) groups is 2. The van der Waals surface area contributed by atoms with Gasteiger partial charge in [-0.25, -0.2) is 17.2 Å². The lowest BCUT2D eigenvalue weighted by molar-refractivity contribution is -0.139. The molecule has 18 heteroatoms. The van der Waals surface area contributed by atoms with Crippen LogP contribution in [0.15, 0.2) is 82.6 Å². The van der Waals surface area contributed by atoms with Crippen molar-refractivity contribution in [2.75, 3.05) is 58.7 Å². The maximum absolute atomic E-state index is 14.4. The topological polar surface area (TPSA) is 183 Å². The van der Waals surface area contributed by atoms with E-state index in [1.54, 1.807) is 79.0 Å². The van der Waals surface area contributed by atoms with E-state index in [2.05, 4.69) is 34.3 Å². The number of sulfone groups is 1. The highest BCUT2D eigenvalue weighted by atomic mass is 32.2. The van der Waals surface area contributed by atoms with Crippen LogP contribution in [0.3, 0.4) is 0 Å². The minimum atomic E-state index is -3.06. The quantitative estimate of drug-likeness (QED) is 0.0579. The number of benzene rings is 4. The minimum absolute atomic E-state index is 0.0277. The first kappa shape index (κ1) is 59.7. The average molecular weight is 1080 g/mol. The van der Waals surface area contributed by atoms with Gasteiger partial charge in [-0.1, -0.05) is 57.4 Å². The van der Waals surface area contributed by atoms with Crippen LogP contribution in [0.2, 0.25) is 0 Å². The lowest BCUT2D eigenvalue weighted by atomic mass is 9.93. The fourth-order valence-electron chi connectivity index (χ4n) is 8.97. The summed E-state index contributed by atoms with van der Waals surface area (Å²) in [6, 6.07) is 21.0. The molecule has 4 aromatic rings. The molecule has 1 heterocycles. The highest BCUT2D eigenvalue weighted by Crippen LogP contribution is 2.41. The molecule has 1 saturated heterocycles. The molecule has 404 valence electrons. The molecule has 4 N–H and O–H groups in total. The Hall–Kier alpha value is -5.17. The molecule has 0 radical (unpaired) electrons. The third kappa shape index (κ3) is 17.4. The molecule has 6 rings (SSSR count). The van der Waals surface area contributed by atoms with Gasteiger partial charge in [0, 0.05) is 42.1 Å². The predicted octanol–water partition coefficient (Wildman–Crippen LogP) is 11.4. The Morgan fingerprint density at radius 1 is 0.676 bits per heavy atom. The molecule has 2 fully saturated rings. The lowest BCUT2D eigenvalue weighted by Gasteiger charge is -2.38. The summed E-state index contributed by atoms with van der Waals surface area (Å²) in [6.07, 6.45) is 6.38. The van der Waals surface area contributed by atoms with E-state index in [4.69, 9.17) is 4.74 Å². The largest absolute Gasteiger partial charge is 0.480 e. The molecule has 1 saturated carbocycles. The number of hydrogen-bond donors (Lipinski definition) is 4. The number of anilines is 4. The molecule has 0 bridgehead atoms. The van der Waals surface area contributed by atoms with E-state index in [1.807, 2.05) is 30.3 Å². The standard InChI is InChI=1S/C28H37FN2O5S2.C28H37FN2O4S/c1-18(2)17-31(21-10-12-38(35,36)13-11-21)25-9-8-22(37-28(4,5)27(33)34)16-24(25)30-26(32)15-20-7-6-19(3)14-23(20)29;1-19-10-11-20(23(29)16-19)17-26(32)30-24-18-22(36-28(2,3)27(33)34)12-13-25(24)31(14-15-35-4)21-8-6-5-7-9-21/h6-9,14,16,18,21H,10-13,15,17H2,1-5H3,(H,30,32)(H,33,34);10-13,16,18,21H,5-9,14-15,17H2,1-4H3,(H,30,32)(H,33,34). The van der Waals surface area contributed by atoms with Crippen LogP contribution in [-0.2, 0) is 46.6 Å². The average Bonchev–Trinajstić information content (AvgIpc) is 3.31. The Balaban J connectivity index is 0.000000274. The van der Waals surface area contributed by atoms with E-state index in [-0.39, 0.29) is 47.8 Å². The number of methoxy groups -OCH3 is 1. The van der Waals surface area contributed by atoms with Gasteiger partial charge in [-0.05, 0) is 144 Å². The van der Waals surface area contributed by atoms with Crippen molar-refractivity contribution in [1.82, 2.24) is 0 Å². The number of nitrogens with one attached hydrogen (secondary N) is 2. The summed E-state index contributed by atoms with van der Waals surface area (Å²) >= 11 is 2.39. The van der Waals surface area contributed by atoms with Gasteiger partial charge in [0.25, 0.3) is 0 Å². The van der Waals surface area contributed by atoms with Gasteiger partial charge in [-0.15, -0.1) is 23.5 Å². The zero-order valence-electron chi connectivity index (χ0n) is 44.2. The number of rotatable bonds is 21. The van der Waals surface area contributed by atoms with Gasteiger partial charge >= 0.3 is 11.9 Å². The van der Waals surface area contributed by atoms with Crippen LogP contribution in [0.1, 0.15) is 109 Å². The van der Waals surface area contributed by atoms with Crippen LogP contribution in [0.5, 0.6) is 0 Å². The molecule has 0 atom stereocenters. The zero-order valence-corrected chi connectivity index (χ0v) is 46.6. The van der Waals surface area contributed by atoms with Crippen molar-refractivity contribution in [3.8, 4) is 0 Å². The molecule has 74 heavy (non-hydrogen) atoms. The number of ether oxygens (including phenoxy) is 1. The Labute approximate surface area is 444 Å². The van der Waals surface area contributed by atoms with Gasteiger partial charge in [-0.2, -0.15) is 0 Å². The van der Waals surface area contributed by atoms with Gasteiger partial charge < -0.3 is 35.4 Å². The van der Waals surface area contributed by atoms with Crippen LogP contribution in [0.25, 0.3) is 0 Å². The zero-order chi connectivity index (χ0) is 54.5. The minimum Gasteiger partial charge on any atom is -0.480 e. The van der Waals surface area contributed by atoms with E-state index < -0.39 is 48.8 Å². The summed E-state index contributed by atoms with van der Waals surface area (Å²) in [6.45, 7) is 16.1. The lowest BCUT2D eigenvalue weighted by Crippen LogP contribution is -2.43. The van der Waals surface area contributed by atoms with E-state index in [0.29, 0.717) is 60.4 Å². The monoisotopic (exact) mass is 1080 g/mol. The fourth-order valence-corrected chi connectivity index (χ4v) is 12.4. The van der Waals surface area contributed by atoms with Crippen LogP contribution < -0.4 is 20.4 Å². The van der Waals surface area contributed by atoms with Gasteiger partial charge in [0.05, 0.1) is 53.7 Å². The number of carbonyl (C=O) groups is 4. The summed E-state index contributed by atoms with van der Waals surface area (Å²) < 4.78 is 56.3. The van der Waals surface area contributed by atoms with E-state index in [1.165, 1.54) is 30.3 Å². The molecule has 2 aliphatic rings. The maximum atomic E-state index is 14.4. The molecule has 2 amide bonds. The molecular formula is C56H74F2N4O9S3. The van der Waals surface area contributed by atoms with Crippen molar-refractivity contribution < 1.29 is 51.3 Å². The fraction of sp³-hybridized carbons (Fsp3) is 0.500. The van der Waals surface area contributed by atoms with Gasteiger partial charge in [0.15, 0.2) is 0 Å². The van der Waals surface area contributed by atoms with Gasteiger partial charge in [-0.3, -0.25) is 19.2 Å². The molecule has 0 spiro atoms. The number of aliphatic carboxylic acids is 2. The number of nitrogens with zero attached hydrogens (tertiary/aromatic N) is 2. The van der Waals surface area contributed by atoms with Gasteiger partial charge in [0.1, 0.15) is 31.0 Å². The first-order valence-corrected chi connectivity index (χ1v) is 28.7. The number of hydrogen-bond acceptors (Lipinski definition) is 11. The number of carboxylic acids is 2. The van der Waals surface area contributed by atoms with Crippen molar-refractivity contribution in [1.29, 1.82) is 0 Å². The van der Waals surface area contributed by atoms with E-state index >= 15 is 0 Å². The van der Waals surface area contributed by atoms with E-state index in [9.17, 15) is 46.6 Å². The van der Waals surface area contributed by atoms with Crippen molar-refractivity contribution >= 4 is 79.9 Å². The summed E-state index contributed by atoms with van der Waals surface area (Å²) in [5.74, 6) is -2.96. The highest BCUT2D eigenvalue weighted by Gasteiger charge is 2.33. The smallest absolute Gasteiger partial charge is 0.319 e. The highest BCUT2D eigenvalue weighted by molar-refractivity contribution is 8.01. The summed E-state index contributed by atoms with van der Waals surface area (Å²) in [5, 5.41) is 25.1. The Bertz CT molecular complexity index is 2720. The van der Waals surface area contributed by atoms with Gasteiger partial charge in [0.2, 0.25) is 11.8 Å². The van der Waals surface area contributed by atoms with Crippen molar-refractivity contribution in [3.63, 3.8) is 0 Å². The van der Waals surface area contributed by atoms with Crippen LogP contribution >= 0.6 is 23.5 Å². The normalized spacial score (nSPS) is 15.2. The SMILES string of the molecule is COCCN(c1ccc(SC(C)(C)C(=O)O)cc1NC(=O)Cc1ccc(C)cc1F)C1CCCCC1.Cc1ccc(CC(=O)Nc2cc(SC(C)(C)C(=O)O)ccc2N(CC(C)C)C2CCS(=O)(=O)CC2)c(F)c1. The molecule has 13 nitrogen and oxygen atoms in total. The number of halogens is 2. The third-order valence-electron chi connectivity index (χ3n) is 13.1. The van der Waals surface area contributed by atoms with Crippen molar-refractivity contribution in [3.05, 3.63) is 107 Å². The summed E-state index contributed by atoms with van der Waals surface area (Å²) in [7, 11) is -1.38. The molecule has 1 aliphatic carbocycles. The van der Waals surface area contributed by atoms with Crippen LogP contribution in [0, 0.1) is 31.4 Å². The second-order valence-corrected chi connectivity index (χ2v) is 26.4. The molecule has 1 aliphatic heterocycles. The third-order valence-corrected chi connectivity index (χ3v) is 17.1. The van der Waals surface area contributed by atoms with Crippen LogP contribution in [-0.4, -0.2) is 102 Å². The number of amides is 2. The number of carboxylic acid groups (broad SMARTS) is 2. The van der Waals surface area contributed by atoms with Crippen molar-refractivity contribution in [2.45, 2.75) is 145 Å². The van der Waals surface area contributed by atoms with Crippen molar-refractivity contribution in [2.24, 2.45) is 5.92 Å². The Morgan fingerprint density at radius 2 is 1.11 bits per heavy atom. The maximum Gasteiger partial charge on any atom is 0.319 e. The number of carbonyl (C=O) groups excluding carboxylic acids is 2. The molecular weight excluding hydrogens is 1010 g/mol. The second kappa shape index (κ2) is 26.5. The summed E-state index contributed by atoms with van der Waals surface area (Å²) in [5.41, 5.74) is 4.87. The first-order valence-electron chi connectivity index (χ1n) is 25.2. The van der Waals surface area contributed by atoms with Crippen LogP contribution in [0.4, 0.5) is 31.5 Å². The predicted molar refractivity (Wildman–Crippen MR) is 295 cm³/mol. The molecule has 0 aromatic heterocycles.